The van der Waals surface area contributed by atoms with Crippen LogP contribution in [0.1, 0.15) is 6.92 Å². The molecule has 0 spiro atoms. The van der Waals surface area contributed by atoms with Gasteiger partial charge in [-0.3, -0.25) is 23.4 Å². The lowest BCUT2D eigenvalue weighted by Gasteiger charge is -2.26. The van der Waals surface area contributed by atoms with E-state index in [-0.39, 0.29) is 11.2 Å². The highest BCUT2D eigenvalue weighted by Crippen LogP contribution is 2.18. The van der Waals surface area contributed by atoms with Crippen molar-refractivity contribution in [1.82, 2.24) is 23.6 Å². The van der Waals surface area contributed by atoms with Crippen LogP contribution in [0.3, 0.4) is 0 Å². The highest BCUT2D eigenvalue weighted by molar-refractivity contribution is 5.87. The molecule has 2 aromatic rings. The third kappa shape index (κ3) is 2.67. The predicted octanol–water partition coefficient (Wildman–Crippen LogP) is -0.970. The average Bonchev–Trinajstić information content (AvgIpc) is 2.99. The molecular formula is C15H21N7O3. The minimum absolute atomic E-state index is 0.304. The highest BCUT2D eigenvalue weighted by atomic mass is 16.5. The van der Waals surface area contributed by atoms with E-state index in [0.29, 0.717) is 50.0 Å². The maximum absolute atomic E-state index is 13.0. The molecule has 4 heterocycles. The van der Waals surface area contributed by atoms with Crippen LogP contribution in [0.15, 0.2) is 14.7 Å². The van der Waals surface area contributed by atoms with E-state index in [1.54, 1.807) is 11.6 Å². The number of aryl methyl sites for hydroxylation is 1. The summed E-state index contributed by atoms with van der Waals surface area (Å²) in [6, 6.07) is 0. The van der Waals surface area contributed by atoms with Crippen molar-refractivity contribution in [3.8, 4) is 0 Å². The molecule has 0 amide bonds. The minimum Gasteiger partial charge on any atom is -0.379 e. The van der Waals surface area contributed by atoms with Gasteiger partial charge in [-0.2, -0.15) is 10.1 Å². The van der Waals surface area contributed by atoms with Crippen molar-refractivity contribution in [2.45, 2.75) is 20.0 Å². The lowest BCUT2D eigenvalue weighted by atomic mass is 10.4. The zero-order chi connectivity index (χ0) is 17.6. The van der Waals surface area contributed by atoms with Crippen LogP contribution in [0.25, 0.3) is 11.2 Å². The Balaban J connectivity index is 1.76. The number of morpholine rings is 1. The average molecular weight is 347 g/mol. The molecule has 0 unspecified atom stereocenters. The van der Waals surface area contributed by atoms with E-state index in [1.807, 2.05) is 6.92 Å². The van der Waals surface area contributed by atoms with Gasteiger partial charge in [0.05, 0.1) is 25.5 Å². The number of anilines is 1. The molecule has 1 saturated heterocycles. The first kappa shape index (κ1) is 16.0. The lowest BCUT2D eigenvalue weighted by Crippen LogP contribution is -2.44. The maximum atomic E-state index is 13.0. The smallest absolute Gasteiger partial charge is 0.332 e. The van der Waals surface area contributed by atoms with Crippen LogP contribution in [0.4, 0.5) is 5.95 Å². The van der Waals surface area contributed by atoms with Gasteiger partial charge >= 0.3 is 5.69 Å². The molecular weight excluding hydrogens is 326 g/mol. The predicted molar refractivity (Wildman–Crippen MR) is 93.2 cm³/mol. The number of ether oxygens (including phenoxy) is 1. The van der Waals surface area contributed by atoms with Crippen molar-refractivity contribution in [3.05, 3.63) is 20.8 Å². The topological polar surface area (TPSA) is 98.7 Å². The molecule has 1 fully saturated rings. The highest BCUT2D eigenvalue weighted by Gasteiger charge is 2.22. The summed E-state index contributed by atoms with van der Waals surface area (Å²) >= 11 is 0. The van der Waals surface area contributed by atoms with E-state index in [4.69, 9.17) is 4.74 Å². The molecule has 2 aliphatic rings. The second-order valence-electron chi connectivity index (χ2n) is 6.41. The van der Waals surface area contributed by atoms with Crippen LogP contribution in [-0.4, -0.2) is 62.1 Å². The Hall–Kier alpha value is -2.46. The fourth-order valence-corrected chi connectivity index (χ4v) is 3.28. The first-order valence-electron chi connectivity index (χ1n) is 8.35. The molecule has 2 aromatic heterocycles. The Kier molecular flexibility index (Phi) is 3.92. The molecule has 2 aliphatic heterocycles. The Labute approximate surface area is 143 Å². The molecule has 134 valence electrons. The van der Waals surface area contributed by atoms with E-state index in [9.17, 15) is 9.59 Å². The number of fused-ring (bicyclic) bond motifs is 3. The normalized spacial score (nSPS) is 18.1. The molecule has 10 nitrogen and oxygen atoms in total. The number of imidazole rings is 1. The molecule has 25 heavy (non-hydrogen) atoms. The standard InChI is InChI=1S/C15H21N7O3/c1-10-9-22-11-12(16-14(22)18-17-10)19(2)15(24)21(13(11)23)4-3-20-5-7-25-8-6-20/h3-9H2,1-2H3,(H,16,18). The van der Waals surface area contributed by atoms with Gasteiger partial charge in [0.1, 0.15) is 0 Å². The minimum atomic E-state index is -0.348. The summed E-state index contributed by atoms with van der Waals surface area (Å²) in [4.78, 5) is 32.2. The number of nitrogens with zero attached hydrogens (tertiary/aromatic N) is 6. The van der Waals surface area contributed by atoms with Gasteiger partial charge in [0.2, 0.25) is 5.95 Å². The summed E-state index contributed by atoms with van der Waals surface area (Å²) in [5.74, 6) is 0.485. The lowest BCUT2D eigenvalue weighted by molar-refractivity contribution is 0.0361. The third-order valence-corrected chi connectivity index (χ3v) is 4.71. The Morgan fingerprint density at radius 2 is 1.96 bits per heavy atom. The second kappa shape index (κ2) is 6.12. The van der Waals surface area contributed by atoms with Crippen LogP contribution in [0.5, 0.6) is 0 Å². The van der Waals surface area contributed by atoms with Crippen molar-refractivity contribution in [1.29, 1.82) is 0 Å². The molecule has 4 rings (SSSR count). The van der Waals surface area contributed by atoms with Crippen LogP contribution in [0.2, 0.25) is 0 Å². The van der Waals surface area contributed by atoms with E-state index >= 15 is 0 Å². The third-order valence-electron chi connectivity index (χ3n) is 4.71. The number of hydrogen-bond donors (Lipinski definition) is 1. The maximum Gasteiger partial charge on any atom is 0.332 e. The Morgan fingerprint density at radius 3 is 2.72 bits per heavy atom. The molecule has 0 aromatic carbocycles. The molecule has 0 aliphatic carbocycles. The number of nitrogens with one attached hydrogen (secondary N) is 1. The van der Waals surface area contributed by atoms with Gasteiger partial charge in [-0.05, 0) is 6.92 Å². The van der Waals surface area contributed by atoms with Crippen LogP contribution >= 0.6 is 0 Å². The zero-order valence-electron chi connectivity index (χ0n) is 14.4. The van der Waals surface area contributed by atoms with Crippen molar-refractivity contribution in [3.63, 3.8) is 0 Å². The van der Waals surface area contributed by atoms with E-state index in [1.165, 1.54) is 9.13 Å². The monoisotopic (exact) mass is 347 g/mol. The van der Waals surface area contributed by atoms with Gasteiger partial charge < -0.3 is 4.74 Å². The van der Waals surface area contributed by atoms with Gasteiger partial charge in [0.15, 0.2) is 11.2 Å². The second-order valence-corrected chi connectivity index (χ2v) is 6.41. The molecule has 0 atom stereocenters. The Bertz CT molecular complexity index is 962. The fourth-order valence-electron chi connectivity index (χ4n) is 3.28. The van der Waals surface area contributed by atoms with Crippen LogP contribution < -0.4 is 16.7 Å². The van der Waals surface area contributed by atoms with Crippen molar-refractivity contribution < 1.29 is 4.74 Å². The van der Waals surface area contributed by atoms with Crippen molar-refractivity contribution in [2.75, 3.05) is 38.3 Å². The van der Waals surface area contributed by atoms with Crippen molar-refractivity contribution in [2.24, 2.45) is 12.1 Å². The largest absolute Gasteiger partial charge is 0.379 e. The van der Waals surface area contributed by atoms with E-state index < -0.39 is 0 Å². The fraction of sp³-hybridized carbons (Fsp3) is 0.600. The summed E-state index contributed by atoms with van der Waals surface area (Å²) in [6.07, 6.45) is 0. The summed E-state index contributed by atoms with van der Waals surface area (Å²) < 4.78 is 9.84. The van der Waals surface area contributed by atoms with E-state index in [2.05, 4.69) is 20.4 Å². The van der Waals surface area contributed by atoms with Gasteiger partial charge in [0.25, 0.3) is 5.56 Å². The van der Waals surface area contributed by atoms with Crippen LogP contribution in [-0.2, 0) is 24.9 Å². The Morgan fingerprint density at radius 1 is 1.20 bits per heavy atom. The number of aromatic nitrogens is 4. The first-order chi connectivity index (χ1) is 12.1. The summed E-state index contributed by atoms with van der Waals surface area (Å²) in [7, 11) is 1.64. The van der Waals surface area contributed by atoms with E-state index in [0.717, 1.165) is 18.8 Å². The van der Waals surface area contributed by atoms with Gasteiger partial charge in [0, 0.05) is 33.2 Å². The SMILES string of the molecule is CC1=NNc2nc3c(c(=O)n(CCN4CCOCC4)c(=O)n3C)n2C1. The number of hydrazone groups is 1. The summed E-state index contributed by atoms with van der Waals surface area (Å²) in [5.41, 5.74) is 3.84. The summed E-state index contributed by atoms with van der Waals surface area (Å²) in [5, 5.41) is 4.14. The molecule has 1 N–H and O–H groups in total. The quantitative estimate of drug-likeness (QED) is 0.767. The zero-order valence-corrected chi connectivity index (χ0v) is 14.4. The molecule has 0 radical (unpaired) electrons. The first-order valence-corrected chi connectivity index (χ1v) is 8.35. The van der Waals surface area contributed by atoms with Crippen molar-refractivity contribution >= 4 is 22.8 Å². The molecule has 10 heteroatoms. The molecule has 0 saturated carbocycles. The summed E-state index contributed by atoms with van der Waals surface area (Å²) in [6.45, 7) is 6.36. The number of rotatable bonds is 3. The van der Waals surface area contributed by atoms with Crippen LogP contribution in [0, 0.1) is 0 Å². The van der Waals surface area contributed by atoms with Gasteiger partial charge in [-0.25, -0.2) is 10.2 Å². The molecule has 0 bridgehead atoms. The number of hydrogen-bond acceptors (Lipinski definition) is 7. The van der Waals surface area contributed by atoms with Gasteiger partial charge in [-0.15, -0.1) is 0 Å². The van der Waals surface area contributed by atoms with Gasteiger partial charge in [-0.1, -0.05) is 0 Å².